The van der Waals surface area contributed by atoms with Crippen LogP contribution in [0.2, 0.25) is 0 Å². The van der Waals surface area contributed by atoms with Crippen molar-refractivity contribution in [2.24, 2.45) is 0 Å². The average Bonchev–Trinajstić information content (AvgIpc) is 2.72. The van der Waals surface area contributed by atoms with E-state index in [0.717, 1.165) is 11.3 Å². The first-order valence-electron chi connectivity index (χ1n) is 5.82. The fraction of sp³-hybridized carbons (Fsp3) is 0.727. The molecule has 116 valence electrons. The summed E-state index contributed by atoms with van der Waals surface area (Å²) in [4.78, 5) is 4.43. The Morgan fingerprint density at radius 3 is 2.55 bits per heavy atom. The van der Waals surface area contributed by atoms with Crippen LogP contribution in [0.4, 0.5) is 13.2 Å². The monoisotopic (exact) mass is 330 g/mol. The highest BCUT2D eigenvalue weighted by atomic mass is 32.2. The molecule has 0 fully saturated rings. The van der Waals surface area contributed by atoms with Gasteiger partial charge in [0.25, 0.3) is 5.19 Å². The van der Waals surface area contributed by atoms with E-state index < -0.39 is 28.5 Å². The maximum Gasteiger partial charge on any atom is 0.422 e. The Bertz CT molecular complexity index is 469. The molecular formula is C11H17F3N2O2S2. The minimum Gasteiger partial charge on any atom is -0.460 e. The number of rotatable bonds is 5. The minimum atomic E-state index is -4.39. The first kappa shape index (κ1) is 17.4. The van der Waals surface area contributed by atoms with E-state index in [4.69, 9.17) is 0 Å². The van der Waals surface area contributed by atoms with Gasteiger partial charge >= 0.3 is 6.18 Å². The zero-order valence-corrected chi connectivity index (χ0v) is 13.2. The van der Waals surface area contributed by atoms with Gasteiger partial charge < -0.3 is 4.74 Å². The maximum atomic E-state index is 12.0. The van der Waals surface area contributed by atoms with E-state index in [9.17, 15) is 17.4 Å². The van der Waals surface area contributed by atoms with Gasteiger partial charge in [0, 0.05) is 11.1 Å². The van der Waals surface area contributed by atoms with E-state index in [1.54, 1.807) is 6.92 Å². The van der Waals surface area contributed by atoms with E-state index in [-0.39, 0.29) is 11.2 Å². The molecule has 0 radical (unpaired) electrons. The summed E-state index contributed by atoms with van der Waals surface area (Å²) in [6, 6.07) is -0.282. The van der Waals surface area contributed by atoms with Gasteiger partial charge in [-0.2, -0.15) is 13.2 Å². The molecule has 0 aliphatic rings. The Balaban J connectivity index is 2.60. The molecule has 1 unspecified atom stereocenters. The van der Waals surface area contributed by atoms with Gasteiger partial charge in [0.05, 0.1) is 21.8 Å². The molecule has 0 saturated heterocycles. The van der Waals surface area contributed by atoms with Gasteiger partial charge in [0.15, 0.2) is 6.61 Å². The lowest BCUT2D eigenvalue weighted by atomic mass is 10.3. The van der Waals surface area contributed by atoms with Gasteiger partial charge in [-0.3, -0.25) is 0 Å². The van der Waals surface area contributed by atoms with Gasteiger partial charge in [-0.05, 0) is 27.7 Å². The first-order chi connectivity index (χ1) is 8.99. The van der Waals surface area contributed by atoms with E-state index >= 15 is 0 Å². The standard InChI is InChI=1S/C11H17F3N2O2S2/c1-7(16-20(17)10(2,3)4)8-5-15-9(19-8)18-6-11(12,13)14/h5,7,16H,6H2,1-4H3/t7-,20?/m0/s1. The topological polar surface area (TPSA) is 51.2 Å². The largest absolute Gasteiger partial charge is 0.460 e. The van der Waals surface area contributed by atoms with E-state index in [1.807, 2.05) is 20.8 Å². The van der Waals surface area contributed by atoms with Crippen LogP contribution in [0, 0.1) is 0 Å². The molecule has 0 aliphatic heterocycles. The number of alkyl halides is 3. The van der Waals surface area contributed by atoms with E-state index in [1.165, 1.54) is 6.20 Å². The van der Waals surface area contributed by atoms with Crippen LogP contribution in [0.25, 0.3) is 0 Å². The summed E-state index contributed by atoms with van der Waals surface area (Å²) in [6.45, 7) is 5.88. The summed E-state index contributed by atoms with van der Waals surface area (Å²) < 4.78 is 55.0. The SMILES string of the molecule is C[C@H](NS(=O)C(C)(C)C)c1cnc(OCC(F)(F)F)s1. The molecule has 1 aromatic rings. The van der Waals surface area contributed by atoms with Crippen LogP contribution in [0.15, 0.2) is 6.20 Å². The molecule has 2 atom stereocenters. The summed E-state index contributed by atoms with van der Waals surface area (Å²) >= 11 is 1.00. The summed E-state index contributed by atoms with van der Waals surface area (Å²) in [5.41, 5.74) is 0. The summed E-state index contributed by atoms with van der Waals surface area (Å²) in [5.74, 6) is 0. The normalized spacial score (nSPS) is 15.9. The van der Waals surface area contributed by atoms with Crippen molar-refractivity contribution in [1.82, 2.24) is 9.71 Å². The van der Waals surface area contributed by atoms with Crippen molar-refractivity contribution in [3.8, 4) is 5.19 Å². The Morgan fingerprint density at radius 1 is 1.45 bits per heavy atom. The molecule has 1 rings (SSSR count). The van der Waals surface area contributed by atoms with Crippen LogP contribution in [0.5, 0.6) is 5.19 Å². The molecule has 4 nitrogen and oxygen atoms in total. The van der Waals surface area contributed by atoms with Gasteiger partial charge in [0.2, 0.25) is 0 Å². The molecule has 0 bridgehead atoms. The van der Waals surface area contributed by atoms with Gasteiger partial charge in [-0.1, -0.05) is 11.3 Å². The van der Waals surface area contributed by atoms with Crippen molar-refractivity contribution in [2.45, 2.75) is 44.7 Å². The Kier molecular flexibility index (Phi) is 5.56. The third-order valence-corrected chi connectivity index (χ3v) is 4.90. The fourth-order valence-corrected chi connectivity index (χ4v) is 2.72. The number of ether oxygens (including phenoxy) is 1. The number of hydrogen-bond acceptors (Lipinski definition) is 4. The van der Waals surface area contributed by atoms with Crippen molar-refractivity contribution in [3.63, 3.8) is 0 Å². The van der Waals surface area contributed by atoms with Crippen molar-refractivity contribution in [1.29, 1.82) is 0 Å². The highest BCUT2D eigenvalue weighted by molar-refractivity contribution is 7.84. The average molecular weight is 330 g/mol. The van der Waals surface area contributed by atoms with Gasteiger partial charge in [-0.15, -0.1) is 0 Å². The lowest BCUT2D eigenvalue weighted by Crippen LogP contribution is -2.34. The number of thiazole rings is 1. The van der Waals surface area contributed by atoms with Crippen LogP contribution >= 0.6 is 11.3 Å². The molecule has 9 heteroatoms. The first-order valence-corrected chi connectivity index (χ1v) is 7.79. The van der Waals surface area contributed by atoms with Crippen LogP contribution < -0.4 is 9.46 Å². The second-order valence-corrected chi connectivity index (χ2v) is 8.18. The van der Waals surface area contributed by atoms with Crippen LogP contribution in [-0.2, 0) is 11.0 Å². The molecule has 0 amide bonds. The molecule has 0 aliphatic carbocycles. The summed E-state index contributed by atoms with van der Waals surface area (Å²) in [5, 5.41) is -0.0486. The number of hydrogen-bond donors (Lipinski definition) is 1. The third kappa shape index (κ3) is 5.76. The number of nitrogens with one attached hydrogen (secondary N) is 1. The van der Waals surface area contributed by atoms with Crippen molar-refractivity contribution >= 4 is 22.3 Å². The Morgan fingerprint density at radius 2 is 2.05 bits per heavy atom. The predicted molar refractivity (Wildman–Crippen MR) is 73.1 cm³/mol. The van der Waals surface area contributed by atoms with Crippen molar-refractivity contribution < 1.29 is 22.1 Å². The maximum absolute atomic E-state index is 12.0. The second-order valence-electron chi connectivity index (χ2n) is 5.15. The van der Waals surface area contributed by atoms with Crippen LogP contribution in [0.3, 0.4) is 0 Å². The smallest absolute Gasteiger partial charge is 0.422 e. The molecular weight excluding hydrogens is 313 g/mol. The van der Waals surface area contributed by atoms with Gasteiger partial charge in [-0.25, -0.2) is 13.9 Å². The zero-order chi connectivity index (χ0) is 15.6. The van der Waals surface area contributed by atoms with Crippen molar-refractivity contribution in [3.05, 3.63) is 11.1 Å². The number of nitrogens with zero attached hydrogens (tertiary/aromatic N) is 1. The lowest BCUT2D eigenvalue weighted by molar-refractivity contribution is -0.153. The van der Waals surface area contributed by atoms with E-state index in [0.29, 0.717) is 4.88 Å². The highest BCUT2D eigenvalue weighted by Gasteiger charge is 2.29. The van der Waals surface area contributed by atoms with Crippen LogP contribution in [-0.4, -0.2) is 26.7 Å². The molecule has 0 spiro atoms. The molecule has 1 heterocycles. The van der Waals surface area contributed by atoms with Crippen molar-refractivity contribution in [2.75, 3.05) is 6.61 Å². The van der Waals surface area contributed by atoms with E-state index in [2.05, 4.69) is 14.4 Å². The Hall–Kier alpha value is -0.670. The molecule has 1 aromatic heterocycles. The minimum absolute atomic E-state index is 0.0486. The third-order valence-electron chi connectivity index (χ3n) is 2.13. The zero-order valence-electron chi connectivity index (χ0n) is 11.6. The molecule has 0 aromatic carbocycles. The fourth-order valence-electron chi connectivity index (χ4n) is 1.08. The summed E-state index contributed by atoms with van der Waals surface area (Å²) in [7, 11) is -1.27. The molecule has 1 N–H and O–H groups in total. The highest BCUT2D eigenvalue weighted by Crippen LogP contribution is 2.28. The van der Waals surface area contributed by atoms with Gasteiger partial charge in [0.1, 0.15) is 0 Å². The summed E-state index contributed by atoms with van der Waals surface area (Å²) in [6.07, 6.45) is -2.96. The molecule has 0 saturated carbocycles. The predicted octanol–water partition coefficient (Wildman–Crippen LogP) is 3.20. The number of aromatic nitrogens is 1. The van der Waals surface area contributed by atoms with Crippen LogP contribution in [0.1, 0.15) is 38.6 Å². The number of halogens is 3. The lowest BCUT2D eigenvalue weighted by Gasteiger charge is -2.21. The second kappa shape index (κ2) is 6.40. The molecule has 20 heavy (non-hydrogen) atoms. The Labute approximate surface area is 122 Å². The quantitative estimate of drug-likeness (QED) is 0.902.